The van der Waals surface area contributed by atoms with Crippen LogP contribution >= 0.6 is 24.4 Å². The molecule has 0 atom stereocenters. The number of aliphatic hydroxyl groups is 1. The van der Waals surface area contributed by atoms with Gasteiger partial charge in [0, 0.05) is 787 Å². The first-order valence-electron chi connectivity index (χ1n) is 20.2. The van der Waals surface area contributed by atoms with Gasteiger partial charge in [-0.2, -0.15) is 0 Å². The van der Waals surface area contributed by atoms with Gasteiger partial charge in [-0.15, -0.1) is 12.6 Å². The number of carbonyl (C=O) groups is 1. The van der Waals surface area contributed by atoms with E-state index in [9.17, 15) is 4.79 Å². The third-order valence-corrected chi connectivity index (χ3v) is 182. The molecule has 105 heavy (non-hydrogen) atoms. The Kier molecular flexibility index (Phi) is 131. The standard InChI is InChI=1S/C8H6OS.C8H10OS.S43.S42/c9-8-5-6-3-1-2-4-7(6)10-8;9-6-5-7-3-1-2-4-8(7)10;1-3-5-7-9-11-13-15-17-19-21-23-25-27-29-31-33-35-37-39-41-43-42-40-38-36-34-32-30-28-26-24-22-20-18-16-14-12-10-8-6-4-2;1-3-5-7-9-11-13-15-17-19-21-23-25-27-29-31-33-35-37-39-41-42-40-38-36-34-32-30-28-26-24-22-20-18-16-14-12-10-8-6-4-2/h1-4H,5H2;1-4,9-10H,5-6H2;;. The van der Waals surface area contributed by atoms with E-state index in [0.717, 1.165) is 15.4 Å². The van der Waals surface area contributed by atoms with E-state index in [4.69, 9.17) is 49.9 Å². The van der Waals surface area contributed by atoms with Gasteiger partial charge in [0.1, 0.15) is 0 Å². The summed E-state index contributed by atoms with van der Waals surface area (Å²) in [6.07, 6.45) is 1.31. The van der Waals surface area contributed by atoms with Gasteiger partial charge >= 0.3 is 0 Å². The van der Waals surface area contributed by atoms with Gasteiger partial charge in [-0.25, -0.2) is 0 Å². The van der Waals surface area contributed by atoms with Crippen LogP contribution in [-0.2, 0) is 782 Å². The molecule has 1 aliphatic heterocycles. The Labute approximate surface area is 867 Å². The van der Waals surface area contributed by atoms with Crippen molar-refractivity contribution in [3.05, 3.63) is 59.7 Å². The van der Waals surface area contributed by atoms with Crippen LogP contribution < -0.4 is 0 Å². The van der Waals surface area contributed by atoms with E-state index in [-0.39, 0.29) is 11.7 Å². The number of hydrogen-bond donors (Lipinski definition) is 2. The van der Waals surface area contributed by atoms with Crippen molar-refractivity contribution in [2.24, 2.45) is 0 Å². The number of benzene rings is 2. The molecule has 2 aromatic rings. The van der Waals surface area contributed by atoms with Crippen LogP contribution in [0.1, 0.15) is 11.1 Å². The van der Waals surface area contributed by atoms with Crippen molar-refractivity contribution in [2.45, 2.75) is 22.6 Å². The second kappa shape index (κ2) is 112. The number of fused-ring (bicyclic) bond motifs is 1. The molecule has 0 radical (unpaired) electrons. The van der Waals surface area contributed by atoms with Gasteiger partial charge in [-0.3, -0.25) is 4.79 Å². The van der Waals surface area contributed by atoms with E-state index in [0.29, 0.717) is 12.8 Å². The quantitative estimate of drug-likeness (QED) is 0.449. The number of rotatable bonds is 2. The van der Waals surface area contributed by atoms with Gasteiger partial charge in [0.2, 0.25) is 0 Å². The Balaban J connectivity index is 0.00000161. The van der Waals surface area contributed by atoms with Gasteiger partial charge < -0.3 is 5.11 Å². The van der Waals surface area contributed by atoms with E-state index in [1.54, 1.807) is 213 Å². The summed E-state index contributed by atoms with van der Waals surface area (Å²) in [5, 5.41) is 8.88. The minimum Gasteiger partial charge on any atom is -0.396 e. The van der Waals surface area contributed by atoms with Gasteiger partial charge in [0.25, 0.3) is 0 Å². The summed E-state index contributed by atoms with van der Waals surface area (Å²) in [6.45, 7) is 0.192. The summed E-state index contributed by atoms with van der Waals surface area (Å²) >= 11 is 24.8. The molecule has 0 saturated carbocycles. The van der Waals surface area contributed by atoms with Crippen molar-refractivity contribution >= 4 is 794 Å². The maximum atomic E-state index is 10.9. The average Bonchev–Trinajstić information content (AvgIpc) is 1.73. The molecule has 1 heterocycles. The molecule has 0 bridgehead atoms. The molecule has 0 saturated heterocycles. The number of thiol groups is 1. The highest BCUT2D eigenvalue weighted by molar-refractivity contribution is 8.85. The van der Waals surface area contributed by atoms with Gasteiger partial charge in [-0.1, -0.05) is 48.2 Å². The zero-order chi connectivity index (χ0) is 75.6. The highest BCUT2D eigenvalue weighted by atomic mass is 33.6. The topological polar surface area (TPSA) is 37.3 Å². The lowest BCUT2D eigenvalue weighted by Crippen LogP contribution is -1.90. The molecule has 3 rings (SSSR count). The van der Waals surface area contributed by atoms with E-state index in [1.807, 2.05) is 519 Å². The third-order valence-electron chi connectivity index (χ3n) is 5.10. The van der Waals surface area contributed by atoms with Crippen molar-refractivity contribution in [3.8, 4) is 0 Å². The second-order valence-electron chi connectivity index (χ2n) is 9.87. The maximum Gasteiger partial charge on any atom is 0.198 e. The molecule has 1 aliphatic rings. The van der Waals surface area contributed by atoms with Crippen LogP contribution in [0.15, 0.2) is 58.3 Å². The lowest BCUT2D eigenvalue weighted by atomic mass is 10.2. The first kappa shape index (κ1) is 122. The van der Waals surface area contributed by atoms with Crippen LogP contribution in [0.4, 0.5) is 0 Å². The lowest BCUT2D eigenvalue weighted by molar-refractivity contribution is -0.110. The molecule has 2 aromatic carbocycles. The largest absolute Gasteiger partial charge is 0.396 e. The van der Waals surface area contributed by atoms with Gasteiger partial charge in [-0.05, 0) is 29.7 Å². The fourth-order valence-electron chi connectivity index (χ4n) is 2.78. The van der Waals surface area contributed by atoms with Crippen molar-refractivity contribution in [1.82, 2.24) is 0 Å². The molecule has 0 unspecified atom stereocenters. The Morgan fingerprint density at radius 1 is 0.257 bits per heavy atom. The van der Waals surface area contributed by atoms with E-state index in [2.05, 4.69) is 12.6 Å². The highest BCUT2D eigenvalue weighted by Crippen LogP contribution is 2.31. The second-order valence-corrected chi connectivity index (χ2v) is 155. The Hall–Kier alpha value is 17.5. The van der Waals surface area contributed by atoms with Crippen molar-refractivity contribution in [3.63, 3.8) is 0 Å². The molecule has 0 aromatic heterocycles. The average molecular weight is 3030 g/mol. The Bertz CT molecular complexity index is 7110. The van der Waals surface area contributed by atoms with Gasteiger partial charge in [0.15, 0.2) is 5.12 Å². The van der Waals surface area contributed by atoms with E-state index in [1.165, 1.54) is 52.8 Å². The van der Waals surface area contributed by atoms with Crippen LogP contribution in [-0.4, -0.2) is 16.8 Å². The summed E-state index contributed by atoms with van der Waals surface area (Å²) in [7, 11) is 144. The number of carbonyl (C=O) groups excluding carboxylic acids is 1. The summed E-state index contributed by atoms with van der Waals surface area (Å²) in [4.78, 5) is 13.0. The van der Waals surface area contributed by atoms with Crippen LogP contribution in [0.5, 0.6) is 0 Å². The number of aliphatic hydroxyl groups excluding tert-OH is 1. The number of hydrogen-bond acceptors (Lipinski definition) is 8. The molecular formula is C16H16O2S87. The normalized spacial score (nSPS) is 8.65. The molecule has 2 nitrogen and oxygen atoms in total. The Morgan fingerprint density at radius 2 is 0.419 bits per heavy atom. The fourth-order valence-corrected chi connectivity index (χ4v) is 215. The first-order valence-corrected chi connectivity index (χ1v) is 132. The van der Waals surface area contributed by atoms with E-state index >= 15 is 0 Å². The first-order chi connectivity index (χ1) is 52.0. The molecule has 89 heteroatoms. The van der Waals surface area contributed by atoms with E-state index < -0.39 is 0 Å². The third kappa shape index (κ3) is 103. The van der Waals surface area contributed by atoms with Crippen LogP contribution in [0.25, 0.3) is 0 Å². The fraction of sp³-hybridized carbons (Fsp3) is 0.188. The minimum absolute atomic E-state index is 0.192. The zero-order valence-electron chi connectivity index (χ0n) is 45.7. The van der Waals surface area contributed by atoms with Crippen LogP contribution in [0.3, 0.4) is 0 Å². The maximum absolute atomic E-state index is 10.9. The number of thioether (sulfide) groups is 1. The molecule has 614 valence electrons. The van der Waals surface area contributed by atoms with Crippen molar-refractivity contribution in [2.75, 3.05) is 6.61 Å². The van der Waals surface area contributed by atoms with Crippen molar-refractivity contribution in [1.29, 1.82) is 0 Å². The summed E-state index contributed by atoms with van der Waals surface area (Å²) in [5.74, 6) is 0. The van der Waals surface area contributed by atoms with Gasteiger partial charge in [0.05, 0.1) is 0 Å². The molecule has 0 aliphatic carbocycles. The molecular weight excluding hydrogens is 3010 g/mol. The predicted octanol–water partition coefficient (Wildman–Crippen LogP) is 3.17. The minimum atomic E-state index is 0.192. The van der Waals surface area contributed by atoms with Crippen LogP contribution in [0.2, 0.25) is 0 Å². The van der Waals surface area contributed by atoms with Crippen molar-refractivity contribution < 1.29 is 9.90 Å². The SMILES string of the molecule is O=C1Cc2ccccc2S1.OCCc1ccccc1S.S=S=S=S=S=S=S=S=S=S=S=S=S=S=S=S=S=S=S=S=S=S=S=S=S=S=S=S=S=S=S=S=S=S=S=S=S=S=S=S=S=S.S=S=S=S=S=S=S=S=S=S=S=S=S=S=S=S=S=S=S=S=S=S=S=S=S=S=S=S=S=S=S=S=S=S=S=S=S=S=S=S=S=S=S. The Morgan fingerprint density at radius 3 is 0.581 bits per heavy atom. The highest BCUT2D eigenvalue weighted by Gasteiger charge is 2.17. The smallest absolute Gasteiger partial charge is 0.198 e. The molecule has 0 amide bonds. The van der Waals surface area contributed by atoms with Crippen LogP contribution in [0, 0.1) is 0 Å². The summed E-state index contributed by atoms with van der Waals surface area (Å²) < 4.78 is 0. The molecule has 0 spiro atoms. The monoisotopic (exact) mass is 3020 g/mol. The molecule has 1 N–H and O–H groups in total. The molecule has 0 fully saturated rings. The lowest BCUT2D eigenvalue weighted by Gasteiger charge is -1.99. The zero-order valence-corrected chi connectivity index (χ0v) is 117. The summed E-state index contributed by atoms with van der Waals surface area (Å²) in [5.41, 5.74) is 2.28. The predicted molar refractivity (Wildman–Crippen MR) is 712 cm³/mol. The summed E-state index contributed by atoms with van der Waals surface area (Å²) in [6, 6.07) is 15.7.